The highest BCUT2D eigenvalue weighted by molar-refractivity contribution is 5.96. The average Bonchev–Trinajstić information content (AvgIpc) is 2.67. The number of hydrogen-bond donors (Lipinski definition) is 2. The summed E-state index contributed by atoms with van der Waals surface area (Å²) in [4.78, 5) is 35.6. The van der Waals surface area contributed by atoms with Gasteiger partial charge in [-0.05, 0) is 50.5 Å². The highest BCUT2D eigenvalue weighted by atomic mass is 16.6. The summed E-state index contributed by atoms with van der Waals surface area (Å²) in [5, 5.41) is 5.18. The van der Waals surface area contributed by atoms with Crippen LogP contribution in [0.3, 0.4) is 0 Å². The molecule has 0 spiro atoms. The Morgan fingerprint density at radius 2 is 1.55 bits per heavy atom. The number of carbonyl (C=O) groups is 3. The molecule has 0 heterocycles. The molecule has 0 fully saturated rings. The molecule has 0 unspecified atom stereocenters. The van der Waals surface area contributed by atoms with Crippen LogP contribution in [0.25, 0.3) is 0 Å². The Bertz CT molecular complexity index is 888. The molecule has 0 radical (unpaired) electrons. The maximum Gasteiger partial charge on any atom is 0.344 e. The summed E-state index contributed by atoms with van der Waals surface area (Å²) in [5.74, 6) is -1.01. The minimum atomic E-state index is -0.667. The van der Waals surface area contributed by atoms with Gasteiger partial charge >= 0.3 is 5.97 Å². The number of esters is 1. The van der Waals surface area contributed by atoms with Crippen LogP contribution in [0, 0.1) is 27.7 Å². The Morgan fingerprint density at radius 1 is 0.862 bits per heavy atom. The maximum absolute atomic E-state index is 12.0. The third-order valence-electron chi connectivity index (χ3n) is 4.23. The molecule has 0 aliphatic rings. The lowest BCUT2D eigenvalue weighted by atomic mass is 10.1. The van der Waals surface area contributed by atoms with E-state index in [0.29, 0.717) is 5.75 Å². The third kappa shape index (κ3) is 6.95. The largest absolute Gasteiger partial charge is 0.482 e. The van der Waals surface area contributed by atoms with Gasteiger partial charge in [0.2, 0.25) is 5.91 Å². The zero-order valence-corrected chi connectivity index (χ0v) is 17.1. The summed E-state index contributed by atoms with van der Waals surface area (Å²) in [6.07, 6.45) is 0. The van der Waals surface area contributed by atoms with Crippen molar-refractivity contribution in [3.63, 3.8) is 0 Å². The van der Waals surface area contributed by atoms with Crippen LogP contribution >= 0.6 is 0 Å². The highest BCUT2D eigenvalue weighted by Crippen LogP contribution is 2.19. The number of rotatable bonds is 8. The van der Waals surface area contributed by atoms with Crippen molar-refractivity contribution in [3.05, 3.63) is 58.7 Å². The molecule has 2 N–H and O–H groups in total. The van der Waals surface area contributed by atoms with E-state index < -0.39 is 18.5 Å². The molecule has 0 aliphatic carbocycles. The van der Waals surface area contributed by atoms with Crippen LogP contribution in [0.5, 0.6) is 5.75 Å². The molecule has 0 aliphatic heterocycles. The number of benzene rings is 2. The van der Waals surface area contributed by atoms with Crippen molar-refractivity contribution in [1.82, 2.24) is 5.32 Å². The molecule has 0 aromatic heterocycles. The fourth-order valence-electron chi connectivity index (χ4n) is 2.71. The minimum absolute atomic E-state index is 0.219. The summed E-state index contributed by atoms with van der Waals surface area (Å²) in [6, 6.07) is 11.3. The van der Waals surface area contributed by atoms with Crippen LogP contribution in [0.1, 0.15) is 22.3 Å². The molecular formula is C22H26N2O5. The molecule has 2 aromatic carbocycles. The van der Waals surface area contributed by atoms with Gasteiger partial charge in [0.1, 0.15) is 5.75 Å². The predicted octanol–water partition coefficient (Wildman–Crippen LogP) is 2.60. The van der Waals surface area contributed by atoms with Crippen LogP contribution in [-0.2, 0) is 19.1 Å². The highest BCUT2D eigenvalue weighted by Gasteiger charge is 2.12. The summed E-state index contributed by atoms with van der Waals surface area (Å²) < 4.78 is 10.3. The molecule has 2 aromatic rings. The van der Waals surface area contributed by atoms with Crippen molar-refractivity contribution < 1.29 is 23.9 Å². The fraction of sp³-hybridized carbons (Fsp3) is 0.318. The van der Waals surface area contributed by atoms with Crippen LogP contribution < -0.4 is 15.4 Å². The summed E-state index contributed by atoms with van der Waals surface area (Å²) in [6.45, 7) is 6.62. The zero-order chi connectivity index (χ0) is 21.4. The van der Waals surface area contributed by atoms with Gasteiger partial charge in [-0.15, -0.1) is 0 Å². The number of nitrogens with one attached hydrogen (secondary N) is 2. The molecule has 2 rings (SSSR count). The lowest BCUT2D eigenvalue weighted by Crippen LogP contribution is -2.36. The van der Waals surface area contributed by atoms with Crippen LogP contribution in [-0.4, -0.2) is 37.5 Å². The smallest absolute Gasteiger partial charge is 0.344 e. The van der Waals surface area contributed by atoms with E-state index in [1.165, 1.54) is 0 Å². The monoisotopic (exact) mass is 398 g/mol. The number of anilines is 1. The van der Waals surface area contributed by atoms with Gasteiger partial charge in [0.05, 0.1) is 6.54 Å². The second kappa shape index (κ2) is 10.3. The average molecular weight is 398 g/mol. The number of aryl methyl sites for hydroxylation is 4. The van der Waals surface area contributed by atoms with Crippen LogP contribution in [0.2, 0.25) is 0 Å². The van der Waals surface area contributed by atoms with E-state index in [2.05, 4.69) is 10.6 Å². The van der Waals surface area contributed by atoms with Crippen molar-refractivity contribution in [2.75, 3.05) is 25.1 Å². The number of ether oxygens (including phenoxy) is 2. The molecule has 0 atom stereocenters. The molecule has 154 valence electrons. The standard InChI is InChI=1S/C22H26N2O5/c1-14-8-9-18(17(4)10-14)28-13-21(27)29-12-20(26)23-11-19(25)24-22-15(2)6-5-7-16(22)3/h5-10H,11-13H2,1-4H3,(H,23,26)(H,24,25). The predicted molar refractivity (Wildman–Crippen MR) is 110 cm³/mol. The Morgan fingerprint density at radius 3 is 2.21 bits per heavy atom. The van der Waals surface area contributed by atoms with Crippen molar-refractivity contribution >= 4 is 23.5 Å². The first-order valence-electron chi connectivity index (χ1n) is 9.24. The second-order valence-corrected chi connectivity index (χ2v) is 6.81. The van der Waals surface area contributed by atoms with Gasteiger partial charge in [-0.1, -0.05) is 35.9 Å². The Kier molecular flexibility index (Phi) is 7.77. The van der Waals surface area contributed by atoms with Gasteiger partial charge in [0.15, 0.2) is 13.2 Å². The molecule has 7 heteroatoms. The van der Waals surface area contributed by atoms with Gasteiger partial charge in [-0.3, -0.25) is 9.59 Å². The molecule has 29 heavy (non-hydrogen) atoms. The van der Waals surface area contributed by atoms with E-state index in [0.717, 1.165) is 27.9 Å². The second-order valence-electron chi connectivity index (χ2n) is 6.81. The lowest BCUT2D eigenvalue weighted by Gasteiger charge is -2.12. The Balaban J connectivity index is 1.69. The van der Waals surface area contributed by atoms with Crippen LogP contribution in [0.15, 0.2) is 36.4 Å². The Labute approximate surface area is 170 Å². The van der Waals surface area contributed by atoms with Crippen molar-refractivity contribution in [1.29, 1.82) is 0 Å². The van der Waals surface area contributed by atoms with Crippen molar-refractivity contribution in [2.45, 2.75) is 27.7 Å². The first-order chi connectivity index (χ1) is 13.8. The first-order valence-corrected chi connectivity index (χ1v) is 9.24. The topological polar surface area (TPSA) is 93.7 Å². The number of hydrogen-bond acceptors (Lipinski definition) is 5. The molecule has 0 saturated heterocycles. The van der Waals surface area contributed by atoms with E-state index in [1.807, 2.05) is 58.0 Å². The van der Waals surface area contributed by atoms with Gasteiger partial charge < -0.3 is 20.1 Å². The normalized spacial score (nSPS) is 10.2. The number of amides is 2. The van der Waals surface area contributed by atoms with E-state index in [1.54, 1.807) is 6.07 Å². The van der Waals surface area contributed by atoms with Gasteiger partial charge in [-0.25, -0.2) is 4.79 Å². The third-order valence-corrected chi connectivity index (χ3v) is 4.23. The quantitative estimate of drug-likeness (QED) is 0.667. The van der Waals surface area contributed by atoms with Gasteiger partial charge in [0.25, 0.3) is 5.91 Å². The van der Waals surface area contributed by atoms with E-state index in [4.69, 9.17) is 9.47 Å². The minimum Gasteiger partial charge on any atom is -0.482 e. The molecule has 7 nitrogen and oxygen atoms in total. The number of carbonyl (C=O) groups excluding carboxylic acids is 3. The fourth-order valence-corrected chi connectivity index (χ4v) is 2.71. The first kappa shape index (κ1) is 21.9. The lowest BCUT2D eigenvalue weighted by molar-refractivity contribution is -0.150. The van der Waals surface area contributed by atoms with E-state index in [-0.39, 0.29) is 19.1 Å². The number of para-hydroxylation sites is 1. The SMILES string of the molecule is Cc1ccc(OCC(=O)OCC(=O)NCC(=O)Nc2c(C)cccc2C)c(C)c1. The van der Waals surface area contributed by atoms with Gasteiger partial charge in [0, 0.05) is 5.69 Å². The Hall–Kier alpha value is -3.35. The summed E-state index contributed by atoms with van der Waals surface area (Å²) in [7, 11) is 0. The van der Waals surface area contributed by atoms with Gasteiger partial charge in [-0.2, -0.15) is 0 Å². The molecule has 0 saturated carbocycles. The molecular weight excluding hydrogens is 372 g/mol. The maximum atomic E-state index is 12.0. The van der Waals surface area contributed by atoms with Crippen molar-refractivity contribution in [3.8, 4) is 5.75 Å². The molecule has 2 amide bonds. The van der Waals surface area contributed by atoms with Crippen LogP contribution in [0.4, 0.5) is 5.69 Å². The van der Waals surface area contributed by atoms with E-state index >= 15 is 0 Å². The summed E-state index contributed by atoms with van der Waals surface area (Å²) >= 11 is 0. The summed E-state index contributed by atoms with van der Waals surface area (Å²) in [5.41, 5.74) is 4.59. The molecule has 0 bridgehead atoms. The zero-order valence-electron chi connectivity index (χ0n) is 17.1. The van der Waals surface area contributed by atoms with E-state index in [9.17, 15) is 14.4 Å². The van der Waals surface area contributed by atoms with Crippen molar-refractivity contribution in [2.24, 2.45) is 0 Å².